The Morgan fingerprint density at radius 3 is 2.75 bits per heavy atom. The summed E-state index contributed by atoms with van der Waals surface area (Å²) in [6.45, 7) is 0.476. The molecule has 1 aromatic carbocycles. The van der Waals surface area contributed by atoms with Crippen molar-refractivity contribution in [1.82, 2.24) is 14.5 Å². The molecule has 3 rings (SSSR count). The number of pyridine rings is 1. The number of hydrogen-bond acceptors (Lipinski definition) is 3. The van der Waals surface area contributed by atoms with Gasteiger partial charge >= 0.3 is 0 Å². The molecular formula is C18H18ClN3O2. The summed E-state index contributed by atoms with van der Waals surface area (Å²) in [4.78, 5) is 18.7. The Labute approximate surface area is 145 Å². The highest BCUT2D eigenvalue weighted by molar-refractivity contribution is 6.38. The van der Waals surface area contributed by atoms with Crippen LogP contribution in [-0.2, 0) is 13.6 Å². The van der Waals surface area contributed by atoms with Gasteiger partial charge in [0.15, 0.2) is 0 Å². The van der Waals surface area contributed by atoms with E-state index < -0.39 is 0 Å². The molecule has 0 aliphatic rings. The first-order valence-electron chi connectivity index (χ1n) is 7.65. The minimum atomic E-state index is -0.211. The molecule has 3 aromatic rings. The van der Waals surface area contributed by atoms with Gasteiger partial charge < -0.3 is 14.6 Å². The van der Waals surface area contributed by atoms with Crippen LogP contribution >= 0.6 is 11.6 Å². The van der Waals surface area contributed by atoms with E-state index in [0.717, 1.165) is 16.5 Å². The third-order valence-corrected chi connectivity index (χ3v) is 4.38. The van der Waals surface area contributed by atoms with E-state index in [1.165, 1.54) is 0 Å². The van der Waals surface area contributed by atoms with Crippen LogP contribution in [0.2, 0.25) is 5.02 Å². The molecule has 24 heavy (non-hydrogen) atoms. The molecular weight excluding hydrogens is 326 g/mol. The van der Waals surface area contributed by atoms with E-state index in [9.17, 15) is 9.90 Å². The molecule has 0 bridgehead atoms. The number of aryl methyl sites for hydroxylation is 1. The normalized spacial score (nSPS) is 11.0. The van der Waals surface area contributed by atoms with Crippen molar-refractivity contribution in [2.24, 2.45) is 7.05 Å². The Bertz CT molecular complexity index is 822. The maximum atomic E-state index is 13.0. The first-order chi connectivity index (χ1) is 11.6. The lowest BCUT2D eigenvalue weighted by atomic mass is 10.2. The fourth-order valence-electron chi connectivity index (χ4n) is 2.82. The van der Waals surface area contributed by atoms with Gasteiger partial charge in [0.1, 0.15) is 5.69 Å². The van der Waals surface area contributed by atoms with E-state index in [1.807, 2.05) is 43.4 Å². The molecule has 0 fully saturated rings. The van der Waals surface area contributed by atoms with Crippen molar-refractivity contribution in [1.29, 1.82) is 0 Å². The molecule has 0 atom stereocenters. The maximum absolute atomic E-state index is 13.0. The van der Waals surface area contributed by atoms with Gasteiger partial charge in [0, 0.05) is 43.4 Å². The number of nitrogens with zero attached hydrogens (tertiary/aromatic N) is 3. The summed E-state index contributed by atoms with van der Waals surface area (Å²) in [5.74, 6) is -0.211. The topological polar surface area (TPSA) is 58.4 Å². The number of amides is 1. The van der Waals surface area contributed by atoms with Crippen LogP contribution in [0, 0.1) is 0 Å². The van der Waals surface area contributed by atoms with E-state index in [0.29, 0.717) is 17.3 Å². The van der Waals surface area contributed by atoms with Gasteiger partial charge in [-0.2, -0.15) is 0 Å². The van der Waals surface area contributed by atoms with Gasteiger partial charge in [-0.3, -0.25) is 9.78 Å². The molecule has 0 unspecified atom stereocenters. The van der Waals surface area contributed by atoms with Crippen LogP contribution in [0.25, 0.3) is 10.9 Å². The molecule has 5 nitrogen and oxygen atoms in total. The summed E-state index contributed by atoms with van der Waals surface area (Å²) in [6.07, 6.45) is 3.39. The molecule has 0 aliphatic heterocycles. The van der Waals surface area contributed by atoms with Crippen LogP contribution in [0.3, 0.4) is 0 Å². The number of fused-ring (bicyclic) bond motifs is 1. The molecule has 0 radical (unpaired) electrons. The van der Waals surface area contributed by atoms with Gasteiger partial charge in [-0.15, -0.1) is 0 Å². The lowest BCUT2D eigenvalue weighted by Crippen LogP contribution is -2.34. The average molecular weight is 344 g/mol. The summed E-state index contributed by atoms with van der Waals surface area (Å²) in [5, 5.41) is 10.6. The number of aromatic nitrogens is 2. The number of halogens is 1. The van der Waals surface area contributed by atoms with Crippen molar-refractivity contribution < 1.29 is 9.90 Å². The number of aliphatic hydroxyl groups is 1. The van der Waals surface area contributed by atoms with Crippen LogP contribution in [0.1, 0.15) is 16.1 Å². The minimum Gasteiger partial charge on any atom is -0.395 e. The number of rotatable bonds is 5. The zero-order chi connectivity index (χ0) is 17.1. The predicted molar refractivity (Wildman–Crippen MR) is 94.0 cm³/mol. The fraction of sp³-hybridized carbons (Fsp3) is 0.222. The number of para-hydroxylation sites is 1. The molecule has 0 spiro atoms. The van der Waals surface area contributed by atoms with Crippen molar-refractivity contribution in [2.45, 2.75) is 6.54 Å². The first kappa shape index (κ1) is 16.5. The molecule has 2 aromatic heterocycles. The van der Waals surface area contributed by atoms with E-state index >= 15 is 0 Å². The summed E-state index contributed by atoms with van der Waals surface area (Å²) in [5.41, 5.74) is 2.22. The average Bonchev–Trinajstić information content (AvgIpc) is 2.86. The highest BCUT2D eigenvalue weighted by Crippen LogP contribution is 2.30. The monoisotopic (exact) mass is 343 g/mol. The molecule has 0 aliphatic carbocycles. The van der Waals surface area contributed by atoms with Gasteiger partial charge in [-0.25, -0.2) is 0 Å². The second-order valence-corrected chi connectivity index (χ2v) is 5.93. The molecule has 0 saturated heterocycles. The maximum Gasteiger partial charge on any atom is 0.272 e. The minimum absolute atomic E-state index is 0.117. The standard InChI is InChI=1S/C18H18ClN3O2/c1-21-15-7-3-2-6-14(15)16(19)17(21)18(24)22(9-10-23)12-13-5-4-8-20-11-13/h2-8,11,23H,9-10,12H2,1H3. The SMILES string of the molecule is Cn1c(C(=O)N(CCO)Cc2cccnc2)c(Cl)c2ccccc21. The van der Waals surface area contributed by atoms with Gasteiger partial charge in [-0.1, -0.05) is 35.9 Å². The molecule has 1 amide bonds. The Hall–Kier alpha value is -2.37. The summed E-state index contributed by atoms with van der Waals surface area (Å²) in [6, 6.07) is 11.3. The largest absolute Gasteiger partial charge is 0.395 e. The summed E-state index contributed by atoms with van der Waals surface area (Å²) in [7, 11) is 1.82. The second-order valence-electron chi connectivity index (χ2n) is 5.55. The van der Waals surface area contributed by atoms with E-state index in [2.05, 4.69) is 4.98 Å². The van der Waals surface area contributed by atoms with E-state index in [1.54, 1.807) is 21.9 Å². The lowest BCUT2D eigenvalue weighted by molar-refractivity contribution is 0.0698. The number of hydrogen-bond donors (Lipinski definition) is 1. The number of aliphatic hydroxyl groups excluding tert-OH is 1. The zero-order valence-corrected chi connectivity index (χ0v) is 14.1. The molecule has 1 N–H and O–H groups in total. The van der Waals surface area contributed by atoms with Crippen molar-refractivity contribution in [3.05, 3.63) is 65.1 Å². The predicted octanol–water partition coefficient (Wildman–Crippen LogP) is 2.86. The van der Waals surface area contributed by atoms with Gasteiger partial charge in [0.05, 0.1) is 11.6 Å². The van der Waals surface area contributed by atoms with Crippen molar-refractivity contribution >= 4 is 28.4 Å². The highest BCUT2D eigenvalue weighted by atomic mass is 35.5. The number of benzene rings is 1. The number of carbonyl (C=O) groups is 1. The van der Waals surface area contributed by atoms with Crippen molar-refractivity contribution in [3.63, 3.8) is 0 Å². The van der Waals surface area contributed by atoms with Gasteiger partial charge in [0.25, 0.3) is 5.91 Å². The quantitative estimate of drug-likeness (QED) is 0.775. The highest BCUT2D eigenvalue weighted by Gasteiger charge is 2.24. The third kappa shape index (κ3) is 3.00. The molecule has 2 heterocycles. The van der Waals surface area contributed by atoms with Crippen LogP contribution in [0.5, 0.6) is 0 Å². The summed E-state index contributed by atoms with van der Waals surface area (Å²) >= 11 is 6.46. The first-order valence-corrected chi connectivity index (χ1v) is 8.03. The van der Waals surface area contributed by atoms with E-state index in [4.69, 9.17) is 11.6 Å². The molecule has 0 saturated carbocycles. The Morgan fingerprint density at radius 1 is 1.29 bits per heavy atom. The number of carbonyl (C=O) groups excluding carboxylic acids is 1. The van der Waals surface area contributed by atoms with E-state index in [-0.39, 0.29) is 19.1 Å². The van der Waals surface area contributed by atoms with Gasteiger partial charge in [-0.05, 0) is 17.7 Å². The smallest absolute Gasteiger partial charge is 0.272 e. The van der Waals surface area contributed by atoms with Crippen LogP contribution in [0.4, 0.5) is 0 Å². The molecule has 124 valence electrons. The second kappa shape index (κ2) is 7.03. The Morgan fingerprint density at radius 2 is 2.08 bits per heavy atom. The summed E-state index contributed by atoms with van der Waals surface area (Å²) < 4.78 is 1.80. The lowest BCUT2D eigenvalue weighted by Gasteiger charge is -2.22. The molecule has 6 heteroatoms. The van der Waals surface area contributed by atoms with Crippen LogP contribution in [-0.4, -0.2) is 38.6 Å². The Balaban J connectivity index is 1.99. The Kier molecular flexibility index (Phi) is 4.83. The van der Waals surface area contributed by atoms with Crippen molar-refractivity contribution in [3.8, 4) is 0 Å². The zero-order valence-electron chi connectivity index (χ0n) is 13.3. The van der Waals surface area contributed by atoms with Gasteiger partial charge in [0.2, 0.25) is 0 Å². The van der Waals surface area contributed by atoms with Crippen LogP contribution < -0.4 is 0 Å². The third-order valence-electron chi connectivity index (χ3n) is 4.00. The fourth-order valence-corrected chi connectivity index (χ4v) is 3.19. The van der Waals surface area contributed by atoms with Crippen molar-refractivity contribution in [2.75, 3.05) is 13.2 Å². The van der Waals surface area contributed by atoms with Crippen LogP contribution in [0.15, 0.2) is 48.8 Å².